The van der Waals surface area contributed by atoms with E-state index in [0.717, 1.165) is 0 Å². The Morgan fingerprint density at radius 2 is 1.42 bits per heavy atom. The molecule has 1 aromatic rings. The third kappa shape index (κ3) is 14.7. The fourth-order valence-electron chi connectivity index (χ4n) is 4.22. The third-order valence-corrected chi connectivity index (χ3v) is 8.38. The number of amides is 4. The molecule has 0 aliphatic rings. The zero-order chi connectivity index (χ0) is 36.6. The molecule has 0 bridgehead atoms. The van der Waals surface area contributed by atoms with Gasteiger partial charge in [0, 0.05) is 11.8 Å². The number of nitrogens with one attached hydrogen (secondary N) is 4. The monoisotopic (exact) mass is 696 g/mol. The van der Waals surface area contributed by atoms with Gasteiger partial charge in [0.15, 0.2) is 15.6 Å². The molecule has 0 saturated carbocycles. The number of aliphatic carboxylic acids is 2. The normalized spacial score (nSPS) is 14.3. The second-order valence-electron chi connectivity index (χ2n) is 11.4. The van der Waals surface area contributed by atoms with Crippen molar-refractivity contribution in [1.82, 2.24) is 21.3 Å². The topological polar surface area (TPSA) is 251 Å². The maximum Gasteiger partial charge on any atom is 0.408 e. The van der Waals surface area contributed by atoms with Gasteiger partial charge in [-0.2, -0.15) is 0 Å². The van der Waals surface area contributed by atoms with Crippen LogP contribution in [0.1, 0.15) is 58.9 Å². The Morgan fingerprint density at radius 1 is 0.833 bits per heavy atom. The number of ether oxygens (including phenoxy) is 1. The summed E-state index contributed by atoms with van der Waals surface area (Å²) in [5, 5.41) is 28.5. The van der Waals surface area contributed by atoms with E-state index in [1.54, 1.807) is 58.0 Å². The predicted molar refractivity (Wildman–Crippen MR) is 172 cm³/mol. The van der Waals surface area contributed by atoms with Crippen LogP contribution in [0.3, 0.4) is 0 Å². The first kappa shape index (κ1) is 41.2. The van der Waals surface area contributed by atoms with Crippen LogP contribution in [-0.4, -0.2) is 90.1 Å². The summed E-state index contributed by atoms with van der Waals surface area (Å²) in [7, 11) is -4.09. The van der Waals surface area contributed by atoms with Crippen LogP contribution in [0.2, 0.25) is 0 Å². The second-order valence-corrected chi connectivity index (χ2v) is 13.3. The van der Waals surface area contributed by atoms with Crippen molar-refractivity contribution in [2.75, 3.05) is 5.75 Å². The Bertz CT molecular complexity index is 1430. The molecule has 0 aliphatic heterocycles. The van der Waals surface area contributed by atoms with Crippen LogP contribution < -0.4 is 21.3 Å². The van der Waals surface area contributed by atoms with Crippen LogP contribution in [0.15, 0.2) is 42.3 Å². The number of hydrogen-bond donors (Lipinski definition) is 6. The van der Waals surface area contributed by atoms with E-state index in [4.69, 9.17) is 4.74 Å². The lowest BCUT2D eigenvalue weighted by atomic mass is 9.96. The summed E-state index contributed by atoms with van der Waals surface area (Å²) in [6.07, 6.45) is -2.56. The molecule has 0 radical (unpaired) electrons. The number of carbonyl (C=O) groups excluding carboxylic acids is 5. The third-order valence-electron chi connectivity index (χ3n) is 7.19. The lowest BCUT2D eigenvalue weighted by Crippen LogP contribution is -2.60. The molecule has 0 unspecified atom stereocenters. The van der Waals surface area contributed by atoms with Crippen molar-refractivity contribution in [1.29, 1.82) is 0 Å². The van der Waals surface area contributed by atoms with Crippen molar-refractivity contribution in [3.63, 3.8) is 0 Å². The van der Waals surface area contributed by atoms with Gasteiger partial charge in [-0.3, -0.25) is 28.8 Å². The Balaban J connectivity index is 3.18. The highest BCUT2D eigenvalue weighted by Crippen LogP contribution is 2.12. The first-order chi connectivity index (χ1) is 22.4. The van der Waals surface area contributed by atoms with E-state index in [0.29, 0.717) is 11.0 Å². The molecule has 0 spiro atoms. The van der Waals surface area contributed by atoms with Crippen LogP contribution in [0, 0.1) is 11.8 Å². The number of sulfone groups is 1. The number of alkyl carbamates (subject to hydrolysis) is 1. The van der Waals surface area contributed by atoms with Gasteiger partial charge in [-0.25, -0.2) is 13.2 Å². The van der Waals surface area contributed by atoms with Gasteiger partial charge in [-0.15, -0.1) is 0 Å². The van der Waals surface area contributed by atoms with Crippen molar-refractivity contribution >= 4 is 51.4 Å². The average Bonchev–Trinajstić information content (AvgIpc) is 3.02. The smallest absolute Gasteiger partial charge is 0.408 e. The number of hydrogen-bond acceptors (Lipinski definition) is 10. The summed E-state index contributed by atoms with van der Waals surface area (Å²) < 4.78 is 28.9. The van der Waals surface area contributed by atoms with Crippen molar-refractivity contribution < 1.29 is 56.9 Å². The summed E-state index contributed by atoms with van der Waals surface area (Å²) in [5.74, 6) is -9.02. The largest absolute Gasteiger partial charge is 0.481 e. The fourth-order valence-corrected chi connectivity index (χ4v) is 4.94. The Kier molecular flexibility index (Phi) is 17.0. The summed E-state index contributed by atoms with van der Waals surface area (Å²) in [4.78, 5) is 87.9. The minimum absolute atomic E-state index is 0.0786. The molecular formula is C31H44N4O12S. The van der Waals surface area contributed by atoms with Gasteiger partial charge in [-0.1, -0.05) is 71.0 Å². The molecule has 5 atom stereocenters. The molecule has 4 amide bonds. The molecule has 16 nitrogen and oxygen atoms in total. The molecule has 1 aromatic carbocycles. The minimum Gasteiger partial charge on any atom is -0.481 e. The van der Waals surface area contributed by atoms with Gasteiger partial charge in [0.25, 0.3) is 0 Å². The summed E-state index contributed by atoms with van der Waals surface area (Å²) in [6.45, 7) is 9.48. The van der Waals surface area contributed by atoms with Crippen molar-refractivity contribution in [3.05, 3.63) is 47.9 Å². The van der Waals surface area contributed by atoms with Crippen LogP contribution in [0.25, 0.3) is 0 Å². The molecule has 0 fully saturated rings. The molecule has 0 aromatic heterocycles. The molecule has 1 rings (SSSR count). The number of carbonyl (C=O) groups is 7. The Morgan fingerprint density at radius 3 is 1.94 bits per heavy atom. The zero-order valence-corrected chi connectivity index (χ0v) is 28.1. The fraction of sp³-hybridized carbons (Fsp3) is 0.516. The van der Waals surface area contributed by atoms with E-state index in [9.17, 15) is 52.2 Å². The Hall–Kier alpha value is -4.80. The number of benzene rings is 1. The van der Waals surface area contributed by atoms with Gasteiger partial charge in [-0.05, 0) is 23.8 Å². The van der Waals surface area contributed by atoms with E-state index in [1.165, 1.54) is 0 Å². The van der Waals surface area contributed by atoms with Crippen molar-refractivity contribution in [2.24, 2.45) is 11.8 Å². The van der Waals surface area contributed by atoms with E-state index < -0.39 is 112 Å². The quantitative estimate of drug-likeness (QED) is 0.105. The first-order valence-electron chi connectivity index (χ1n) is 15.1. The molecular weight excluding hydrogens is 652 g/mol. The number of carboxylic acids is 2. The first-order valence-corrected chi connectivity index (χ1v) is 16.8. The van der Waals surface area contributed by atoms with Gasteiger partial charge >= 0.3 is 18.0 Å². The van der Waals surface area contributed by atoms with E-state index in [1.807, 2.05) is 0 Å². The minimum atomic E-state index is -4.09. The summed E-state index contributed by atoms with van der Waals surface area (Å²) in [5.41, 5.74) is 0.698. The molecule has 0 saturated heterocycles. The highest BCUT2D eigenvalue weighted by molar-refractivity contribution is 7.94. The highest BCUT2D eigenvalue weighted by atomic mass is 32.2. The molecule has 6 N–H and O–H groups in total. The van der Waals surface area contributed by atoms with Gasteiger partial charge in [0.1, 0.15) is 30.5 Å². The number of carboxylic acid groups (broad SMARTS) is 2. The molecule has 48 heavy (non-hydrogen) atoms. The SMILES string of the molecule is C=CS(=O)(=O)CC(=O)[C@H](CC(=O)O)NC(=O)[C@@H](NC(=O)[C@H](CCC(=O)O)NC(=O)[C@@H](NC(=O)OCc1ccccc1)C(C)C)[C@@H](C)CC. The number of rotatable bonds is 21. The average molecular weight is 697 g/mol. The van der Waals surface area contributed by atoms with Crippen molar-refractivity contribution in [3.8, 4) is 0 Å². The van der Waals surface area contributed by atoms with E-state index in [2.05, 4.69) is 27.8 Å². The lowest BCUT2D eigenvalue weighted by molar-refractivity contribution is -0.141. The van der Waals surface area contributed by atoms with Crippen LogP contribution >= 0.6 is 0 Å². The summed E-state index contributed by atoms with van der Waals surface area (Å²) >= 11 is 0. The van der Waals surface area contributed by atoms with E-state index in [-0.39, 0.29) is 13.0 Å². The van der Waals surface area contributed by atoms with Crippen LogP contribution in [0.4, 0.5) is 4.79 Å². The van der Waals surface area contributed by atoms with Gasteiger partial charge < -0.3 is 36.2 Å². The molecule has 0 heterocycles. The lowest BCUT2D eigenvalue weighted by Gasteiger charge is -2.29. The number of Topliss-reactive ketones (excluding diaryl/α,β-unsaturated/α-hetero) is 1. The van der Waals surface area contributed by atoms with Crippen molar-refractivity contribution in [2.45, 2.75) is 84.2 Å². The Labute approximate surface area is 279 Å². The van der Waals surface area contributed by atoms with Crippen LogP contribution in [-0.2, 0) is 49.9 Å². The van der Waals surface area contributed by atoms with Gasteiger partial charge in [0.2, 0.25) is 17.7 Å². The second kappa shape index (κ2) is 19.8. The zero-order valence-electron chi connectivity index (χ0n) is 27.3. The summed E-state index contributed by atoms with van der Waals surface area (Å²) in [6, 6.07) is 2.85. The number of ketones is 1. The van der Waals surface area contributed by atoms with Gasteiger partial charge in [0.05, 0.1) is 12.5 Å². The predicted octanol–water partition coefficient (Wildman–Crippen LogP) is 0.905. The highest BCUT2D eigenvalue weighted by Gasteiger charge is 2.35. The molecule has 17 heteroatoms. The molecule has 266 valence electrons. The maximum atomic E-state index is 13.5. The maximum absolute atomic E-state index is 13.5. The van der Waals surface area contributed by atoms with E-state index >= 15 is 0 Å². The van der Waals surface area contributed by atoms with Crippen LogP contribution in [0.5, 0.6) is 0 Å². The standard InChI is InChI=1S/C31H44N4O12S/c1-6-19(5)27(30(43)33-22(15-25(39)40)23(36)17-48(45,46)7-2)34-28(41)21(13-14-24(37)38)32-29(42)26(18(3)4)35-31(44)47-16-20-11-9-8-10-12-20/h7-12,18-19,21-22,26-27H,2,6,13-17H2,1,3-5H3,(H,32,42)(H,33,43)(H,34,41)(H,35,44)(H,37,38)(H,39,40)/t19-,21-,22-,26-,27-/m0/s1. The molecule has 0 aliphatic carbocycles.